The summed E-state index contributed by atoms with van der Waals surface area (Å²) >= 11 is 6.17. The van der Waals surface area contributed by atoms with Crippen LogP contribution in [-0.4, -0.2) is 15.7 Å². The second kappa shape index (κ2) is 10.7. The number of carbonyl (C=O) groups excluding carboxylic acids is 1. The fourth-order valence-corrected chi connectivity index (χ4v) is 4.06. The van der Waals surface area contributed by atoms with E-state index in [1.54, 1.807) is 29.8 Å². The number of halogens is 2. The first-order chi connectivity index (χ1) is 16.9. The van der Waals surface area contributed by atoms with Crippen LogP contribution in [0.5, 0.6) is 5.75 Å². The summed E-state index contributed by atoms with van der Waals surface area (Å²) in [6.45, 7) is 6.26. The van der Waals surface area contributed by atoms with Gasteiger partial charge in [-0.1, -0.05) is 48.9 Å². The summed E-state index contributed by atoms with van der Waals surface area (Å²) in [7, 11) is 0. The minimum Gasteiger partial charge on any atom is -0.489 e. The number of anilines is 1. The smallest absolute Gasteiger partial charge is 0.255 e. The van der Waals surface area contributed by atoms with Gasteiger partial charge in [-0.15, -0.1) is 0 Å². The van der Waals surface area contributed by atoms with Crippen LogP contribution in [0.1, 0.15) is 45.4 Å². The van der Waals surface area contributed by atoms with Gasteiger partial charge < -0.3 is 10.1 Å². The standard InChI is InChI=1S/C28H27ClFN3O2/c1-4-20-11-13-23(14-12-20)35-17-21-7-5-8-22(15-21)28(34)31-27-18(2)32-33(19(27)3)16-24-25(29)9-6-10-26(24)30/h5-15H,4,16-17H2,1-3H3,(H,31,34). The Kier molecular flexibility index (Phi) is 7.51. The molecule has 0 bridgehead atoms. The van der Waals surface area contributed by atoms with Gasteiger partial charge in [-0.2, -0.15) is 5.10 Å². The van der Waals surface area contributed by atoms with Crippen LogP contribution in [-0.2, 0) is 19.6 Å². The minimum atomic E-state index is -0.393. The SMILES string of the molecule is CCc1ccc(OCc2cccc(C(=O)Nc3c(C)nn(Cc4c(F)cccc4Cl)c3C)c2)cc1. The first-order valence-corrected chi connectivity index (χ1v) is 11.8. The predicted molar refractivity (Wildman–Crippen MR) is 137 cm³/mol. The van der Waals surface area contributed by atoms with E-state index in [1.165, 1.54) is 11.6 Å². The number of rotatable bonds is 8. The fourth-order valence-electron chi connectivity index (χ4n) is 3.84. The molecule has 4 aromatic rings. The van der Waals surface area contributed by atoms with Crippen LogP contribution < -0.4 is 10.1 Å². The van der Waals surface area contributed by atoms with E-state index >= 15 is 0 Å². The molecule has 4 rings (SSSR count). The van der Waals surface area contributed by atoms with Crippen molar-refractivity contribution < 1.29 is 13.9 Å². The highest BCUT2D eigenvalue weighted by Crippen LogP contribution is 2.25. The molecule has 0 saturated heterocycles. The fraction of sp³-hybridized carbons (Fsp3) is 0.214. The van der Waals surface area contributed by atoms with Gasteiger partial charge in [0, 0.05) is 16.1 Å². The highest BCUT2D eigenvalue weighted by Gasteiger charge is 2.17. The number of ether oxygens (including phenoxy) is 1. The maximum Gasteiger partial charge on any atom is 0.255 e. The van der Waals surface area contributed by atoms with E-state index in [1.807, 2.05) is 49.4 Å². The molecule has 0 aliphatic heterocycles. The molecule has 5 nitrogen and oxygen atoms in total. The van der Waals surface area contributed by atoms with E-state index in [-0.39, 0.29) is 12.5 Å². The summed E-state index contributed by atoms with van der Waals surface area (Å²) in [6, 6.07) is 19.9. The van der Waals surface area contributed by atoms with Gasteiger partial charge in [0.1, 0.15) is 18.2 Å². The number of hydrogen-bond acceptors (Lipinski definition) is 3. The van der Waals surface area contributed by atoms with Crippen LogP contribution >= 0.6 is 11.6 Å². The van der Waals surface area contributed by atoms with Crippen LogP contribution in [0.25, 0.3) is 0 Å². The van der Waals surface area contributed by atoms with Gasteiger partial charge in [0.15, 0.2) is 0 Å². The monoisotopic (exact) mass is 491 g/mol. The number of nitrogens with one attached hydrogen (secondary N) is 1. The Morgan fingerprint density at radius 3 is 2.51 bits per heavy atom. The molecule has 0 unspecified atom stereocenters. The average Bonchev–Trinajstić information content (AvgIpc) is 3.12. The molecular formula is C28H27ClFN3O2. The number of benzene rings is 3. The molecule has 0 aliphatic carbocycles. The van der Waals surface area contributed by atoms with Gasteiger partial charge in [-0.25, -0.2) is 4.39 Å². The summed E-state index contributed by atoms with van der Waals surface area (Å²) in [4.78, 5) is 13.0. The van der Waals surface area contributed by atoms with E-state index < -0.39 is 5.82 Å². The van der Waals surface area contributed by atoms with Crippen molar-refractivity contribution in [3.63, 3.8) is 0 Å². The van der Waals surface area contributed by atoms with Crippen molar-refractivity contribution in [3.8, 4) is 5.75 Å². The zero-order valence-corrected chi connectivity index (χ0v) is 20.7. The molecule has 35 heavy (non-hydrogen) atoms. The Labute approximate surface area is 209 Å². The van der Waals surface area contributed by atoms with Crippen molar-refractivity contribution in [1.82, 2.24) is 9.78 Å². The maximum atomic E-state index is 14.2. The normalized spacial score (nSPS) is 10.9. The average molecular weight is 492 g/mol. The molecule has 1 aromatic heterocycles. The quantitative estimate of drug-likeness (QED) is 0.297. The molecule has 0 radical (unpaired) electrons. The number of amides is 1. The van der Waals surface area contributed by atoms with Gasteiger partial charge in [0.05, 0.1) is 23.6 Å². The third kappa shape index (κ3) is 5.72. The Morgan fingerprint density at radius 2 is 1.80 bits per heavy atom. The first-order valence-electron chi connectivity index (χ1n) is 11.4. The summed E-state index contributed by atoms with van der Waals surface area (Å²) in [6.07, 6.45) is 0.978. The molecule has 0 spiro atoms. The third-order valence-electron chi connectivity index (χ3n) is 5.92. The predicted octanol–water partition coefficient (Wildman–Crippen LogP) is 6.73. The first kappa shape index (κ1) is 24.5. The second-order valence-corrected chi connectivity index (χ2v) is 8.75. The molecule has 0 saturated carbocycles. The van der Waals surface area contributed by atoms with Gasteiger partial charge >= 0.3 is 0 Å². The lowest BCUT2D eigenvalue weighted by atomic mass is 10.1. The van der Waals surface area contributed by atoms with Crippen LogP contribution in [0.15, 0.2) is 66.7 Å². The van der Waals surface area contributed by atoms with Crippen molar-refractivity contribution in [2.24, 2.45) is 0 Å². The van der Waals surface area contributed by atoms with E-state index in [0.29, 0.717) is 39.8 Å². The van der Waals surface area contributed by atoms with Gasteiger partial charge in [0.25, 0.3) is 5.91 Å². The molecular weight excluding hydrogens is 465 g/mol. The van der Waals surface area contributed by atoms with Gasteiger partial charge in [0.2, 0.25) is 0 Å². The van der Waals surface area contributed by atoms with Crippen molar-refractivity contribution in [3.05, 3.63) is 111 Å². The van der Waals surface area contributed by atoms with Crippen LogP contribution in [0.3, 0.4) is 0 Å². The highest BCUT2D eigenvalue weighted by atomic mass is 35.5. The molecule has 0 aliphatic rings. The number of nitrogens with zero attached hydrogens (tertiary/aromatic N) is 2. The lowest BCUT2D eigenvalue weighted by Crippen LogP contribution is -2.14. The van der Waals surface area contributed by atoms with Gasteiger partial charge in [-0.3, -0.25) is 9.48 Å². The molecule has 0 fully saturated rings. The van der Waals surface area contributed by atoms with Crippen LogP contribution in [0, 0.1) is 19.7 Å². The molecule has 7 heteroatoms. The number of aryl methyl sites for hydroxylation is 2. The van der Waals surface area contributed by atoms with Gasteiger partial charge in [-0.05, 0) is 67.8 Å². The number of carbonyl (C=O) groups is 1. The van der Waals surface area contributed by atoms with E-state index in [0.717, 1.165) is 17.7 Å². The van der Waals surface area contributed by atoms with Crippen molar-refractivity contribution in [2.75, 3.05) is 5.32 Å². The minimum absolute atomic E-state index is 0.167. The van der Waals surface area contributed by atoms with Crippen molar-refractivity contribution in [2.45, 2.75) is 40.3 Å². The lowest BCUT2D eigenvalue weighted by Gasteiger charge is -2.10. The highest BCUT2D eigenvalue weighted by molar-refractivity contribution is 6.31. The van der Waals surface area contributed by atoms with Crippen LogP contribution in [0.4, 0.5) is 10.1 Å². The largest absolute Gasteiger partial charge is 0.489 e. The zero-order valence-electron chi connectivity index (χ0n) is 19.9. The summed E-state index contributed by atoms with van der Waals surface area (Å²) < 4.78 is 21.8. The maximum absolute atomic E-state index is 14.2. The third-order valence-corrected chi connectivity index (χ3v) is 6.27. The molecule has 1 amide bonds. The van der Waals surface area contributed by atoms with E-state index in [4.69, 9.17) is 16.3 Å². The summed E-state index contributed by atoms with van der Waals surface area (Å²) in [5.41, 5.74) is 4.95. The molecule has 180 valence electrons. The lowest BCUT2D eigenvalue weighted by molar-refractivity contribution is 0.102. The van der Waals surface area contributed by atoms with Crippen molar-refractivity contribution in [1.29, 1.82) is 0 Å². The molecule has 0 atom stereocenters. The summed E-state index contributed by atoms with van der Waals surface area (Å²) in [5.74, 6) is 0.135. The molecule has 1 N–H and O–H groups in total. The Hall–Kier alpha value is -3.64. The van der Waals surface area contributed by atoms with Crippen LogP contribution in [0.2, 0.25) is 5.02 Å². The zero-order chi connectivity index (χ0) is 24.9. The number of aromatic nitrogens is 2. The second-order valence-electron chi connectivity index (χ2n) is 8.34. The Bertz CT molecular complexity index is 1330. The van der Waals surface area contributed by atoms with E-state index in [2.05, 4.69) is 17.3 Å². The molecule has 3 aromatic carbocycles. The Balaban J connectivity index is 1.46. The Morgan fingerprint density at radius 1 is 1.06 bits per heavy atom. The van der Waals surface area contributed by atoms with E-state index in [9.17, 15) is 9.18 Å². The topological polar surface area (TPSA) is 56.1 Å². The molecule has 1 heterocycles. The summed E-state index contributed by atoms with van der Waals surface area (Å²) in [5, 5.41) is 7.77. The van der Waals surface area contributed by atoms with Crippen molar-refractivity contribution >= 4 is 23.2 Å². The number of hydrogen-bond donors (Lipinski definition) is 1.